The molecule has 1 aliphatic rings. The van der Waals surface area contributed by atoms with Gasteiger partial charge in [-0.25, -0.2) is 9.97 Å². The lowest BCUT2D eigenvalue weighted by atomic mass is 9.96. The summed E-state index contributed by atoms with van der Waals surface area (Å²) in [5.74, 6) is 1.00. The molecule has 4 heteroatoms. The van der Waals surface area contributed by atoms with E-state index in [2.05, 4.69) is 22.2 Å². The van der Waals surface area contributed by atoms with E-state index in [1.54, 1.807) is 6.33 Å². The van der Waals surface area contributed by atoms with Crippen LogP contribution in [0.4, 0.5) is 5.82 Å². The fourth-order valence-corrected chi connectivity index (χ4v) is 2.17. The Morgan fingerprint density at radius 2 is 2.19 bits per heavy atom. The number of fused-ring (bicyclic) bond motifs is 1. The summed E-state index contributed by atoms with van der Waals surface area (Å²) in [5, 5.41) is 3.43. The van der Waals surface area contributed by atoms with E-state index in [1.165, 1.54) is 24.1 Å². The maximum absolute atomic E-state index is 5.70. The van der Waals surface area contributed by atoms with Crippen LogP contribution in [-0.2, 0) is 12.8 Å². The van der Waals surface area contributed by atoms with E-state index >= 15 is 0 Å². The minimum atomic E-state index is 0.320. The molecule has 0 amide bonds. The molecule has 0 saturated heterocycles. The van der Waals surface area contributed by atoms with Crippen molar-refractivity contribution in [1.82, 2.24) is 9.97 Å². The molecule has 2 rings (SSSR count). The number of rotatable bonds is 4. The second kappa shape index (κ2) is 5.25. The largest absolute Gasteiger partial charge is 0.366 e. The average Bonchev–Trinajstić information content (AvgIpc) is 2.36. The highest BCUT2D eigenvalue weighted by Crippen LogP contribution is 2.24. The number of nitrogens with zero attached hydrogens (tertiary/aromatic N) is 2. The molecular weight excluding hydrogens is 200 g/mol. The van der Waals surface area contributed by atoms with E-state index in [-0.39, 0.29) is 0 Å². The lowest BCUT2D eigenvalue weighted by molar-refractivity contribution is 0.653. The van der Waals surface area contributed by atoms with Gasteiger partial charge in [-0.05, 0) is 32.1 Å². The first kappa shape index (κ1) is 11.3. The van der Waals surface area contributed by atoms with Crippen LogP contribution in [0.3, 0.4) is 0 Å². The maximum Gasteiger partial charge on any atom is 0.133 e. The van der Waals surface area contributed by atoms with E-state index in [0.29, 0.717) is 12.6 Å². The van der Waals surface area contributed by atoms with Crippen LogP contribution >= 0.6 is 0 Å². The first-order valence-electron chi connectivity index (χ1n) is 6.14. The molecule has 1 aliphatic carbocycles. The normalized spacial score (nSPS) is 16.6. The second-order valence-corrected chi connectivity index (χ2v) is 4.34. The van der Waals surface area contributed by atoms with Crippen LogP contribution in [0.5, 0.6) is 0 Å². The molecule has 3 N–H and O–H groups in total. The van der Waals surface area contributed by atoms with Crippen molar-refractivity contribution >= 4 is 5.82 Å². The highest BCUT2D eigenvalue weighted by molar-refractivity contribution is 5.47. The molecule has 0 bridgehead atoms. The Labute approximate surface area is 96.7 Å². The molecule has 1 atom stereocenters. The lowest BCUT2D eigenvalue weighted by Gasteiger charge is -2.21. The first-order valence-corrected chi connectivity index (χ1v) is 6.14. The van der Waals surface area contributed by atoms with Crippen molar-refractivity contribution in [1.29, 1.82) is 0 Å². The summed E-state index contributed by atoms with van der Waals surface area (Å²) in [6, 6.07) is 0.320. The predicted octanol–water partition coefficient (Wildman–Crippen LogP) is 1.50. The molecule has 0 saturated carbocycles. The third-order valence-electron chi connectivity index (χ3n) is 3.24. The highest BCUT2D eigenvalue weighted by Gasteiger charge is 2.16. The fourth-order valence-electron chi connectivity index (χ4n) is 2.17. The van der Waals surface area contributed by atoms with Gasteiger partial charge in [0.25, 0.3) is 0 Å². The summed E-state index contributed by atoms with van der Waals surface area (Å²) in [6.45, 7) is 2.79. The van der Waals surface area contributed by atoms with Gasteiger partial charge in [-0.15, -0.1) is 0 Å². The SMILES string of the molecule is CCC(CN)Nc1ncnc2c1CCCC2. The lowest BCUT2D eigenvalue weighted by Crippen LogP contribution is -2.29. The van der Waals surface area contributed by atoms with Crippen molar-refractivity contribution in [2.75, 3.05) is 11.9 Å². The van der Waals surface area contributed by atoms with Gasteiger partial charge in [0.15, 0.2) is 0 Å². The van der Waals surface area contributed by atoms with Crippen LogP contribution in [0, 0.1) is 0 Å². The summed E-state index contributed by atoms with van der Waals surface area (Å²) < 4.78 is 0. The number of aromatic nitrogens is 2. The fraction of sp³-hybridized carbons (Fsp3) is 0.667. The van der Waals surface area contributed by atoms with Crippen LogP contribution in [0.15, 0.2) is 6.33 Å². The quantitative estimate of drug-likeness (QED) is 0.807. The molecule has 0 spiro atoms. The molecule has 0 aliphatic heterocycles. The number of nitrogens with one attached hydrogen (secondary N) is 1. The molecule has 4 nitrogen and oxygen atoms in total. The Kier molecular flexibility index (Phi) is 3.72. The van der Waals surface area contributed by atoms with Crippen molar-refractivity contribution in [3.05, 3.63) is 17.6 Å². The summed E-state index contributed by atoms with van der Waals surface area (Å²) >= 11 is 0. The zero-order valence-corrected chi connectivity index (χ0v) is 9.87. The predicted molar refractivity (Wildman–Crippen MR) is 65.4 cm³/mol. The van der Waals surface area contributed by atoms with E-state index in [9.17, 15) is 0 Å². The Bertz CT molecular complexity index is 347. The van der Waals surface area contributed by atoms with Gasteiger partial charge in [0.1, 0.15) is 12.1 Å². The third kappa shape index (κ3) is 2.32. The molecule has 16 heavy (non-hydrogen) atoms. The summed E-state index contributed by atoms with van der Waals surface area (Å²) in [5.41, 5.74) is 8.23. The first-order chi connectivity index (χ1) is 7.85. The molecule has 88 valence electrons. The van der Waals surface area contributed by atoms with Crippen molar-refractivity contribution in [2.45, 2.75) is 45.1 Å². The van der Waals surface area contributed by atoms with Gasteiger partial charge in [-0.1, -0.05) is 6.92 Å². The molecule has 0 radical (unpaired) electrons. The van der Waals surface area contributed by atoms with Crippen molar-refractivity contribution < 1.29 is 0 Å². The molecule has 0 aromatic carbocycles. The van der Waals surface area contributed by atoms with Crippen molar-refractivity contribution in [2.24, 2.45) is 5.73 Å². The van der Waals surface area contributed by atoms with Gasteiger partial charge < -0.3 is 11.1 Å². The Morgan fingerprint density at radius 1 is 1.38 bits per heavy atom. The van der Waals surface area contributed by atoms with Gasteiger partial charge >= 0.3 is 0 Å². The Morgan fingerprint density at radius 3 is 2.94 bits per heavy atom. The van der Waals surface area contributed by atoms with Crippen molar-refractivity contribution in [3.63, 3.8) is 0 Å². The molecule has 0 fully saturated rings. The minimum Gasteiger partial charge on any atom is -0.366 e. The van der Waals surface area contributed by atoms with Gasteiger partial charge in [0.05, 0.1) is 0 Å². The standard InChI is InChI=1S/C12H20N4/c1-2-9(7-13)16-12-10-5-3-4-6-11(10)14-8-15-12/h8-9H,2-7,13H2,1H3,(H,14,15,16). The second-order valence-electron chi connectivity index (χ2n) is 4.34. The van der Waals surface area contributed by atoms with E-state index < -0.39 is 0 Å². The van der Waals surface area contributed by atoms with Crippen molar-refractivity contribution in [3.8, 4) is 0 Å². The number of anilines is 1. The van der Waals surface area contributed by atoms with Crippen LogP contribution in [0.1, 0.15) is 37.4 Å². The van der Waals surface area contributed by atoms with Crippen LogP contribution < -0.4 is 11.1 Å². The topological polar surface area (TPSA) is 63.8 Å². The molecular formula is C12H20N4. The van der Waals surface area contributed by atoms with E-state index in [4.69, 9.17) is 5.73 Å². The van der Waals surface area contributed by atoms with Crippen LogP contribution in [0.2, 0.25) is 0 Å². The van der Waals surface area contributed by atoms with Crippen LogP contribution in [-0.4, -0.2) is 22.6 Å². The average molecular weight is 220 g/mol. The molecule has 1 unspecified atom stereocenters. The summed E-state index contributed by atoms with van der Waals surface area (Å²) in [4.78, 5) is 8.71. The number of hydrogen-bond acceptors (Lipinski definition) is 4. The Balaban J connectivity index is 2.20. The molecule has 1 heterocycles. The highest BCUT2D eigenvalue weighted by atomic mass is 15.0. The van der Waals surface area contributed by atoms with Gasteiger partial charge in [0, 0.05) is 23.8 Å². The van der Waals surface area contributed by atoms with E-state index in [1.807, 2.05) is 0 Å². The van der Waals surface area contributed by atoms with Gasteiger partial charge in [-0.3, -0.25) is 0 Å². The number of hydrogen-bond donors (Lipinski definition) is 2. The summed E-state index contributed by atoms with van der Waals surface area (Å²) in [6.07, 6.45) is 7.36. The Hall–Kier alpha value is -1.16. The van der Waals surface area contributed by atoms with Gasteiger partial charge in [0.2, 0.25) is 0 Å². The zero-order chi connectivity index (χ0) is 11.4. The third-order valence-corrected chi connectivity index (χ3v) is 3.24. The smallest absolute Gasteiger partial charge is 0.133 e. The van der Waals surface area contributed by atoms with E-state index in [0.717, 1.165) is 25.1 Å². The molecule has 1 aromatic rings. The molecule has 1 aromatic heterocycles. The monoisotopic (exact) mass is 220 g/mol. The van der Waals surface area contributed by atoms with Crippen LogP contribution in [0.25, 0.3) is 0 Å². The summed E-state index contributed by atoms with van der Waals surface area (Å²) in [7, 11) is 0. The minimum absolute atomic E-state index is 0.320. The number of nitrogens with two attached hydrogens (primary N) is 1. The van der Waals surface area contributed by atoms with Gasteiger partial charge in [-0.2, -0.15) is 0 Å². The number of aryl methyl sites for hydroxylation is 1. The maximum atomic E-state index is 5.70. The zero-order valence-electron chi connectivity index (χ0n) is 9.87.